The lowest BCUT2D eigenvalue weighted by molar-refractivity contribution is -0.126. The molecule has 0 radical (unpaired) electrons. The van der Waals surface area contributed by atoms with Gasteiger partial charge in [-0.1, -0.05) is 61.8 Å². The molecule has 0 aromatic heterocycles. The van der Waals surface area contributed by atoms with Crippen molar-refractivity contribution >= 4 is 17.5 Å². The van der Waals surface area contributed by atoms with Crippen molar-refractivity contribution in [2.75, 3.05) is 19.6 Å². The van der Waals surface area contributed by atoms with Crippen LogP contribution < -0.4 is 5.32 Å². The van der Waals surface area contributed by atoms with Gasteiger partial charge in [-0.3, -0.25) is 9.69 Å². The summed E-state index contributed by atoms with van der Waals surface area (Å²) in [6.45, 7) is 7.94. The maximum absolute atomic E-state index is 12.5. The predicted octanol–water partition coefficient (Wildman–Crippen LogP) is 5.03. The van der Waals surface area contributed by atoms with Gasteiger partial charge in [-0.05, 0) is 67.1 Å². The minimum Gasteiger partial charge on any atom is -0.356 e. The maximum atomic E-state index is 12.5. The van der Waals surface area contributed by atoms with E-state index in [9.17, 15) is 4.79 Å². The van der Waals surface area contributed by atoms with Crippen LogP contribution in [0.5, 0.6) is 0 Å². The van der Waals surface area contributed by atoms with Crippen LogP contribution in [0.15, 0.2) is 48.5 Å². The van der Waals surface area contributed by atoms with Crippen LogP contribution in [-0.2, 0) is 17.8 Å². The fraction of sp³-hybridized carbons (Fsp3) is 0.458. The quantitative estimate of drug-likeness (QED) is 0.709. The van der Waals surface area contributed by atoms with E-state index in [0.29, 0.717) is 12.5 Å². The molecule has 0 spiro atoms. The molecule has 0 bridgehead atoms. The third kappa shape index (κ3) is 6.08. The van der Waals surface area contributed by atoms with Crippen molar-refractivity contribution < 1.29 is 4.79 Å². The Bertz CT molecular complexity index is 764. The number of nitrogens with one attached hydrogen (secondary N) is 1. The zero-order valence-electron chi connectivity index (χ0n) is 17.0. The van der Waals surface area contributed by atoms with Crippen LogP contribution in [0.1, 0.15) is 49.3 Å². The third-order valence-corrected chi connectivity index (χ3v) is 5.85. The number of benzene rings is 2. The molecule has 150 valence electrons. The van der Waals surface area contributed by atoms with Gasteiger partial charge in [0.05, 0.1) is 0 Å². The first kappa shape index (κ1) is 20.9. The number of piperidine rings is 1. The summed E-state index contributed by atoms with van der Waals surface area (Å²) >= 11 is 6.07. The topological polar surface area (TPSA) is 32.3 Å². The van der Waals surface area contributed by atoms with E-state index < -0.39 is 0 Å². The third-order valence-electron chi connectivity index (χ3n) is 5.61. The molecule has 1 aliphatic heterocycles. The highest BCUT2D eigenvalue weighted by molar-refractivity contribution is 6.30. The average Bonchev–Trinajstić information content (AvgIpc) is 2.69. The highest BCUT2D eigenvalue weighted by atomic mass is 35.5. The first-order chi connectivity index (χ1) is 13.5. The molecule has 3 nitrogen and oxygen atoms in total. The van der Waals surface area contributed by atoms with E-state index in [4.69, 9.17) is 11.6 Å². The molecule has 4 heteroatoms. The summed E-state index contributed by atoms with van der Waals surface area (Å²) in [6.07, 6.45) is 2.74. The second kappa shape index (κ2) is 10.1. The zero-order valence-corrected chi connectivity index (χ0v) is 17.7. The van der Waals surface area contributed by atoms with E-state index in [1.165, 1.54) is 16.7 Å². The Morgan fingerprint density at radius 2 is 1.82 bits per heavy atom. The smallest absolute Gasteiger partial charge is 0.223 e. The van der Waals surface area contributed by atoms with Crippen LogP contribution in [0, 0.1) is 5.92 Å². The van der Waals surface area contributed by atoms with E-state index in [1.807, 2.05) is 18.2 Å². The predicted molar refractivity (Wildman–Crippen MR) is 117 cm³/mol. The number of likely N-dealkylation sites (tertiary alicyclic amines) is 1. The van der Waals surface area contributed by atoms with Gasteiger partial charge in [0.15, 0.2) is 0 Å². The number of hydrogen-bond donors (Lipinski definition) is 1. The number of amides is 1. The molecule has 1 fully saturated rings. The van der Waals surface area contributed by atoms with Gasteiger partial charge in [-0.15, -0.1) is 0 Å². The van der Waals surface area contributed by atoms with Gasteiger partial charge in [0.25, 0.3) is 0 Å². The molecule has 0 saturated carbocycles. The molecule has 0 atom stereocenters. The van der Waals surface area contributed by atoms with Crippen molar-refractivity contribution in [1.29, 1.82) is 0 Å². The lowest BCUT2D eigenvalue weighted by atomic mass is 9.95. The van der Waals surface area contributed by atoms with E-state index in [1.54, 1.807) is 0 Å². The number of rotatable bonds is 7. The normalized spacial score (nSPS) is 15.7. The molecule has 1 heterocycles. The van der Waals surface area contributed by atoms with Gasteiger partial charge in [0, 0.05) is 24.0 Å². The van der Waals surface area contributed by atoms with Crippen molar-refractivity contribution in [1.82, 2.24) is 10.2 Å². The molecule has 1 aliphatic rings. The first-order valence-corrected chi connectivity index (χ1v) is 10.7. The average molecular weight is 399 g/mol. The van der Waals surface area contributed by atoms with Crippen molar-refractivity contribution in [3.05, 3.63) is 70.2 Å². The summed E-state index contributed by atoms with van der Waals surface area (Å²) < 4.78 is 0. The van der Waals surface area contributed by atoms with Gasteiger partial charge < -0.3 is 5.32 Å². The summed E-state index contributed by atoms with van der Waals surface area (Å²) in [6, 6.07) is 16.8. The molecule has 0 aliphatic carbocycles. The van der Waals surface area contributed by atoms with Crippen molar-refractivity contribution in [3.8, 4) is 0 Å². The molecule has 0 unspecified atom stereocenters. The van der Waals surface area contributed by atoms with Crippen molar-refractivity contribution in [2.24, 2.45) is 5.92 Å². The summed E-state index contributed by atoms with van der Waals surface area (Å²) in [7, 11) is 0. The van der Waals surface area contributed by atoms with Gasteiger partial charge in [0.1, 0.15) is 0 Å². The summed E-state index contributed by atoms with van der Waals surface area (Å²) in [5.74, 6) is 0.902. The van der Waals surface area contributed by atoms with E-state index in [-0.39, 0.29) is 11.8 Å². The Hall–Kier alpha value is -1.84. The molecule has 28 heavy (non-hydrogen) atoms. The van der Waals surface area contributed by atoms with Gasteiger partial charge in [-0.25, -0.2) is 0 Å². The first-order valence-electron chi connectivity index (χ1n) is 10.3. The van der Waals surface area contributed by atoms with E-state index >= 15 is 0 Å². The molecular formula is C24H31ClN2O. The Kier molecular flexibility index (Phi) is 7.52. The number of hydrogen-bond acceptors (Lipinski definition) is 2. The maximum Gasteiger partial charge on any atom is 0.223 e. The Labute approximate surface area is 174 Å². The molecule has 1 amide bonds. The highest BCUT2D eigenvalue weighted by Crippen LogP contribution is 2.20. The second-order valence-corrected chi connectivity index (χ2v) is 8.55. The van der Waals surface area contributed by atoms with Crippen LogP contribution in [0.3, 0.4) is 0 Å². The zero-order chi connectivity index (χ0) is 19.9. The fourth-order valence-electron chi connectivity index (χ4n) is 3.79. The molecule has 2 aromatic carbocycles. The summed E-state index contributed by atoms with van der Waals surface area (Å²) in [4.78, 5) is 14.9. The lowest BCUT2D eigenvalue weighted by Crippen LogP contribution is -2.40. The van der Waals surface area contributed by atoms with Crippen LogP contribution >= 0.6 is 11.6 Å². The SMILES string of the molecule is CC(C)c1ccc(CCNC(=O)C2CCN(Cc3cccc(Cl)c3)CC2)cc1. The Balaban J connectivity index is 1.38. The Morgan fingerprint density at radius 3 is 2.46 bits per heavy atom. The highest BCUT2D eigenvalue weighted by Gasteiger charge is 2.24. The van der Waals surface area contributed by atoms with Crippen LogP contribution in [0.25, 0.3) is 0 Å². The van der Waals surface area contributed by atoms with E-state index in [2.05, 4.69) is 54.4 Å². The van der Waals surface area contributed by atoms with Gasteiger partial charge in [-0.2, -0.15) is 0 Å². The Morgan fingerprint density at radius 1 is 1.11 bits per heavy atom. The number of nitrogens with zero attached hydrogens (tertiary/aromatic N) is 1. The molecule has 2 aromatic rings. The lowest BCUT2D eigenvalue weighted by Gasteiger charge is -2.31. The second-order valence-electron chi connectivity index (χ2n) is 8.12. The van der Waals surface area contributed by atoms with Crippen molar-refractivity contribution in [3.63, 3.8) is 0 Å². The number of halogens is 1. The molecule has 1 saturated heterocycles. The number of carbonyl (C=O) groups is 1. The van der Waals surface area contributed by atoms with Crippen LogP contribution in [0.2, 0.25) is 5.02 Å². The number of carbonyl (C=O) groups excluding carboxylic acids is 1. The summed E-state index contributed by atoms with van der Waals surface area (Å²) in [5.41, 5.74) is 3.87. The summed E-state index contributed by atoms with van der Waals surface area (Å²) in [5, 5.41) is 3.92. The van der Waals surface area contributed by atoms with Crippen LogP contribution in [-0.4, -0.2) is 30.4 Å². The van der Waals surface area contributed by atoms with Crippen molar-refractivity contribution in [2.45, 2.75) is 45.6 Å². The standard InChI is InChI=1S/C24H31ClN2O/c1-18(2)21-8-6-19(7-9-21)10-13-26-24(28)22-11-14-27(15-12-22)17-20-4-3-5-23(25)16-20/h3-9,16,18,22H,10-15,17H2,1-2H3,(H,26,28). The molecular weight excluding hydrogens is 368 g/mol. The monoisotopic (exact) mass is 398 g/mol. The fourth-order valence-corrected chi connectivity index (χ4v) is 4.00. The van der Waals surface area contributed by atoms with Gasteiger partial charge >= 0.3 is 0 Å². The largest absolute Gasteiger partial charge is 0.356 e. The van der Waals surface area contributed by atoms with Gasteiger partial charge in [0.2, 0.25) is 5.91 Å². The van der Waals surface area contributed by atoms with Crippen LogP contribution in [0.4, 0.5) is 0 Å². The molecule has 1 N–H and O–H groups in total. The van der Waals surface area contributed by atoms with E-state index in [0.717, 1.165) is 43.9 Å². The molecule has 3 rings (SSSR count). The minimum atomic E-state index is 0.138. The minimum absolute atomic E-state index is 0.138.